The SMILES string of the molecule is C=CCNC(=O)C(C)c1ccc(O[C@@H]2CCN(c3ncnc(OCC(C)=O)c3Cl)C2)cc1. The molecule has 2 aromatic rings. The van der Waals surface area contributed by atoms with Crippen LogP contribution in [-0.4, -0.2) is 54.0 Å². The van der Waals surface area contributed by atoms with E-state index >= 15 is 0 Å². The van der Waals surface area contributed by atoms with Gasteiger partial charge in [0.15, 0.2) is 11.6 Å². The van der Waals surface area contributed by atoms with Crippen LogP contribution in [0.5, 0.6) is 11.6 Å². The standard InChI is InChI=1S/C23H27ClN4O4/c1-4-10-25-22(30)16(3)17-5-7-18(8-6-17)32-19-9-11-28(12-19)21-20(24)23(27-14-26-21)31-13-15(2)29/h4-8,14,16,19H,1,9-13H2,2-3H3,(H,25,30)/t16?,19-/m1/s1. The largest absolute Gasteiger partial charge is 0.489 e. The number of nitrogens with zero attached hydrogens (tertiary/aromatic N) is 3. The molecule has 32 heavy (non-hydrogen) atoms. The van der Waals surface area contributed by atoms with Crippen LogP contribution >= 0.6 is 11.6 Å². The molecule has 1 saturated heterocycles. The second-order valence-corrected chi connectivity index (χ2v) is 7.98. The summed E-state index contributed by atoms with van der Waals surface area (Å²) in [4.78, 5) is 33.6. The number of ketones is 1. The molecule has 0 spiro atoms. The third kappa shape index (κ3) is 5.97. The van der Waals surface area contributed by atoms with E-state index in [1.54, 1.807) is 6.08 Å². The van der Waals surface area contributed by atoms with Crippen LogP contribution in [0, 0.1) is 0 Å². The van der Waals surface area contributed by atoms with Crippen LogP contribution in [0.3, 0.4) is 0 Å². The fourth-order valence-corrected chi connectivity index (χ4v) is 3.63. The second kappa shape index (κ2) is 10.9. The van der Waals surface area contributed by atoms with Crippen LogP contribution < -0.4 is 19.7 Å². The summed E-state index contributed by atoms with van der Waals surface area (Å²) in [7, 11) is 0. The molecule has 170 valence electrons. The van der Waals surface area contributed by atoms with Crippen molar-refractivity contribution in [2.75, 3.05) is 31.1 Å². The molecule has 1 N–H and O–H groups in total. The smallest absolute Gasteiger partial charge is 0.238 e. The fourth-order valence-electron chi connectivity index (χ4n) is 3.36. The normalized spacial score (nSPS) is 16.3. The first-order chi connectivity index (χ1) is 15.4. The number of benzene rings is 1. The molecule has 0 saturated carbocycles. The number of amides is 1. The molecule has 0 bridgehead atoms. The van der Waals surface area contributed by atoms with Crippen molar-refractivity contribution in [2.45, 2.75) is 32.3 Å². The molecule has 8 nitrogen and oxygen atoms in total. The molecule has 1 aliphatic heterocycles. The van der Waals surface area contributed by atoms with Crippen LogP contribution in [0.2, 0.25) is 5.02 Å². The fraction of sp³-hybridized carbons (Fsp3) is 0.391. The number of anilines is 1. The van der Waals surface area contributed by atoms with Gasteiger partial charge in [-0.3, -0.25) is 9.59 Å². The predicted molar refractivity (Wildman–Crippen MR) is 123 cm³/mol. The summed E-state index contributed by atoms with van der Waals surface area (Å²) in [5.41, 5.74) is 0.915. The van der Waals surface area contributed by atoms with Crippen molar-refractivity contribution in [2.24, 2.45) is 0 Å². The lowest BCUT2D eigenvalue weighted by molar-refractivity contribution is -0.122. The number of ether oxygens (including phenoxy) is 2. The second-order valence-electron chi connectivity index (χ2n) is 7.61. The van der Waals surface area contributed by atoms with E-state index in [-0.39, 0.29) is 41.2 Å². The monoisotopic (exact) mass is 458 g/mol. The minimum absolute atomic E-state index is 0.0400. The van der Waals surface area contributed by atoms with Gasteiger partial charge >= 0.3 is 0 Å². The zero-order valence-electron chi connectivity index (χ0n) is 18.2. The number of nitrogens with one attached hydrogen (secondary N) is 1. The van der Waals surface area contributed by atoms with Gasteiger partial charge in [-0.1, -0.05) is 29.8 Å². The lowest BCUT2D eigenvalue weighted by atomic mass is 10.0. The molecule has 1 fully saturated rings. The first kappa shape index (κ1) is 23.5. The van der Waals surface area contributed by atoms with Crippen molar-refractivity contribution in [1.29, 1.82) is 0 Å². The molecule has 2 heterocycles. The summed E-state index contributed by atoms with van der Waals surface area (Å²) in [5, 5.41) is 3.09. The van der Waals surface area contributed by atoms with E-state index in [0.29, 0.717) is 25.5 Å². The Morgan fingerprint density at radius 2 is 2.09 bits per heavy atom. The Morgan fingerprint density at radius 1 is 1.34 bits per heavy atom. The third-order valence-electron chi connectivity index (χ3n) is 5.09. The molecule has 0 radical (unpaired) electrons. The number of halogens is 1. The Kier molecular flexibility index (Phi) is 8.05. The Balaban J connectivity index is 1.58. The number of hydrogen-bond donors (Lipinski definition) is 1. The van der Waals surface area contributed by atoms with E-state index < -0.39 is 0 Å². The Morgan fingerprint density at radius 3 is 2.78 bits per heavy atom. The first-order valence-electron chi connectivity index (χ1n) is 10.4. The van der Waals surface area contributed by atoms with E-state index in [1.807, 2.05) is 36.1 Å². The van der Waals surface area contributed by atoms with Gasteiger partial charge in [0.25, 0.3) is 0 Å². The van der Waals surface area contributed by atoms with Gasteiger partial charge in [-0.25, -0.2) is 9.97 Å². The van der Waals surface area contributed by atoms with Crippen molar-refractivity contribution in [3.63, 3.8) is 0 Å². The summed E-state index contributed by atoms with van der Waals surface area (Å²) in [6.45, 7) is 8.58. The molecule has 3 rings (SSSR count). The van der Waals surface area contributed by atoms with Gasteiger partial charge in [0, 0.05) is 19.5 Å². The maximum absolute atomic E-state index is 12.1. The van der Waals surface area contributed by atoms with Crippen LogP contribution in [0.15, 0.2) is 43.2 Å². The summed E-state index contributed by atoms with van der Waals surface area (Å²) in [5.74, 6) is 1.06. The molecule has 1 aliphatic rings. The maximum Gasteiger partial charge on any atom is 0.238 e. The van der Waals surface area contributed by atoms with Crippen molar-refractivity contribution < 1.29 is 19.1 Å². The lowest BCUT2D eigenvalue weighted by Gasteiger charge is -2.20. The highest BCUT2D eigenvalue weighted by Gasteiger charge is 2.28. The summed E-state index contributed by atoms with van der Waals surface area (Å²) in [6.07, 6.45) is 3.78. The predicted octanol–water partition coefficient (Wildman–Crippen LogP) is 3.16. The lowest BCUT2D eigenvalue weighted by Crippen LogP contribution is -2.28. The van der Waals surface area contributed by atoms with E-state index in [1.165, 1.54) is 13.3 Å². The number of aromatic nitrogens is 2. The van der Waals surface area contributed by atoms with E-state index in [0.717, 1.165) is 17.7 Å². The van der Waals surface area contributed by atoms with Crippen LogP contribution in [-0.2, 0) is 9.59 Å². The van der Waals surface area contributed by atoms with Gasteiger partial charge in [-0.15, -0.1) is 6.58 Å². The van der Waals surface area contributed by atoms with Crippen LogP contribution in [0.25, 0.3) is 0 Å². The molecule has 1 aromatic carbocycles. The molecular formula is C23H27ClN4O4. The average molecular weight is 459 g/mol. The summed E-state index contributed by atoms with van der Waals surface area (Å²) >= 11 is 6.40. The topological polar surface area (TPSA) is 93.7 Å². The number of carbonyl (C=O) groups is 2. The van der Waals surface area contributed by atoms with Gasteiger partial charge in [0.05, 0.1) is 12.5 Å². The Labute approximate surface area is 192 Å². The van der Waals surface area contributed by atoms with Crippen molar-refractivity contribution in [3.8, 4) is 11.6 Å². The minimum Gasteiger partial charge on any atom is -0.489 e. The maximum atomic E-state index is 12.1. The summed E-state index contributed by atoms with van der Waals surface area (Å²) in [6, 6.07) is 7.56. The van der Waals surface area contributed by atoms with Gasteiger partial charge < -0.3 is 19.7 Å². The van der Waals surface area contributed by atoms with Gasteiger partial charge in [-0.05, 0) is 31.5 Å². The van der Waals surface area contributed by atoms with Gasteiger partial charge in [0.2, 0.25) is 11.8 Å². The van der Waals surface area contributed by atoms with E-state index in [2.05, 4.69) is 21.9 Å². The van der Waals surface area contributed by atoms with Crippen LogP contribution in [0.1, 0.15) is 31.7 Å². The Hall–Kier alpha value is -3.13. The molecular weight excluding hydrogens is 432 g/mol. The van der Waals surface area contributed by atoms with Gasteiger partial charge in [0.1, 0.15) is 29.8 Å². The molecule has 9 heteroatoms. The number of hydrogen-bond acceptors (Lipinski definition) is 7. The highest BCUT2D eigenvalue weighted by molar-refractivity contribution is 6.34. The molecule has 2 atom stereocenters. The third-order valence-corrected chi connectivity index (χ3v) is 5.42. The van der Waals surface area contributed by atoms with Gasteiger partial charge in [-0.2, -0.15) is 0 Å². The van der Waals surface area contributed by atoms with Crippen molar-refractivity contribution in [1.82, 2.24) is 15.3 Å². The summed E-state index contributed by atoms with van der Waals surface area (Å²) < 4.78 is 11.5. The van der Waals surface area contributed by atoms with E-state index in [4.69, 9.17) is 21.1 Å². The highest BCUT2D eigenvalue weighted by Crippen LogP contribution is 2.33. The number of rotatable bonds is 10. The number of Topliss-reactive ketones (excluding diaryl/α,β-unsaturated/α-hetero) is 1. The zero-order chi connectivity index (χ0) is 23.1. The molecule has 1 aromatic heterocycles. The number of carbonyl (C=O) groups excluding carboxylic acids is 2. The Bertz CT molecular complexity index is 967. The average Bonchev–Trinajstić information content (AvgIpc) is 3.24. The molecule has 0 aliphatic carbocycles. The zero-order valence-corrected chi connectivity index (χ0v) is 19.0. The first-order valence-corrected chi connectivity index (χ1v) is 10.8. The van der Waals surface area contributed by atoms with Crippen molar-refractivity contribution >= 4 is 29.1 Å². The molecule has 1 amide bonds. The van der Waals surface area contributed by atoms with E-state index in [9.17, 15) is 9.59 Å². The van der Waals surface area contributed by atoms with Crippen molar-refractivity contribution in [3.05, 3.63) is 53.8 Å². The highest BCUT2D eigenvalue weighted by atomic mass is 35.5. The molecule has 1 unspecified atom stereocenters. The quantitative estimate of drug-likeness (QED) is 0.546. The van der Waals surface area contributed by atoms with Crippen LogP contribution in [0.4, 0.5) is 5.82 Å². The minimum atomic E-state index is -0.259.